The van der Waals surface area contributed by atoms with E-state index in [9.17, 15) is 13.0 Å². The van der Waals surface area contributed by atoms with Crippen molar-refractivity contribution < 1.29 is 49.6 Å². The molecule has 1 rings (SSSR count). The number of rotatable bonds is 4. The minimum atomic E-state index is -4.56. The Morgan fingerprint density at radius 3 is 1.65 bits per heavy atom. The van der Waals surface area contributed by atoms with E-state index in [-0.39, 0.29) is 39.6 Å². The van der Waals surface area contributed by atoms with Crippen molar-refractivity contribution in [1.82, 2.24) is 0 Å². The molecule has 0 aliphatic carbocycles. The van der Waals surface area contributed by atoms with Crippen LogP contribution in [0.5, 0.6) is 17.2 Å². The van der Waals surface area contributed by atoms with Crippen molar-refractivity contribution in [3.05, 3.63) is 12.1 Å². The zero-order valence-corrected chi connectivity index (χ0v) is 11.6. The predicted octanol–water partition coefficient (Wildman–Crippen LogP) is 0.614. The fourth-order valence-electron chi connectivity index (χ4n) is 1.20. The van der Waals surface area contributed by atoms with E-state index < -0.39 is 15.0 Å². The van der Waals surface area contributed by atoms with Gasteiger partial charge in [0.2, 0.25) is 5.75 Å². The zero-order chi connectivity index (χ0) is 12.3. The fourth-order valence-corrected chi connectivity index (χ4v) is 1.70. The van der Waals surface area contributed by atoms with E-state index in [1.54, 1.807) is 0 Å². The summed E-state index contributed by atoms with van der Waals surface area (Å²) >= 11 is 0. The van der Waals surface area contributed by atoms with E-state index in [1.165, 1.54) is 21.3 Å². The maximum Gasteiger partial charge on any atom is 1.00 e. The summed E-state index contributed by atoms with van der Waals surface area (Å²) in [5.41, 5.74) is 0. The number of hydrogen-bond acceptors (Lipinski definition) is 6. The molecule has 0 bridgehead atoms. The van der Waals surface area contributed by atoms with E-state index in [0.717, 1.165) is 12.1 Å². The second-order valence-electron chi connectivity index (χ2n) is 2.82. The molecular weight excluding hydrogens is 344 g/mol. The van der Waals surface area contributed by atoms with Gasteiger partial charge in [0.1, 0.15) is 10.1 Å². The molecule has 0 aliphatic rings. The summed E-state index contributed by atoms with van der Waals surface area (Å²) in [7, 11) is -0.514. The molecule has 1 aromatic rings. The van der Waals surface area contributed by atoms with Gasteiger partial charge in [0.15, 0.2) is 11.5 Å². The quantitative estimate of drug-likeness (QED) is 0.581. The third-order valence-electron chi connectivity index (χ3n) is 1.93. The smallest absolute Gasteiger partial charge is 0.744 e. The summed E-state index contributed by atoms with van der Waals surface area (Å²) < 4.78 is 47.4. The molecule has 100 valence electrons. The molecule has 0 spiro atoms. The van der Waals surface area contributed by atoms with Crippen LogP contribution < -0.4 is 14.2 Å². The second-order valence-corrected chi connectivity index (χ2v) is 4.19. The van der Waals surface area contributed by atoms with Crippen molar-refractivity contribution in [2.45, 2.75) is 4.90 Å². The topological polar surface area (TPSA) is 84.9 Å². The van der Waals surface area contributed by atoms with Crippen LogP contribution in [0.15, 0.2) is 17.0 Å². The van der Waals surface area contributed by atoms with E-state index >= 15 is 0 Å². The Balaban J connectivity index is 0.00000256. The average Bonchev–Trinajstić information content (AvgIpc) is 2.25. The van der Waals surface area contributed by atoms with Gasteiger partial charge in [-0.15, -0.1) is 0 Å². The summed E-state index contributed by atoms with van der Waals surface area (Å²) in [6, 6.07) is 2.17. The summed E-state index contributed by atoms with van der Waals surface area (Å²) in [4.78, 5) is -0.429. The third-order valence-corrected chi connectivity index (χ3v) is 2.74. The van der Waals surface area contributed by atoms with Gasteiger partial charge in [-0.1, -0.05) is 0 Å². The van der Waals surface area contributed by atoms with Crippen molar-refractivity contribution in [2.24, 2.45) is 0 Å². The van der Waals surface area contributed by atoms with Gasteiger partial charge in [-0.3, -0.25) is 0 Å². The van der Waals surface area contributed by atoms with Crippen molar-refractivity contribution in [3.8, 4) is 17.2 Å². The standard InChI is InChI=1S/C9H12O6S.Ag/c1-13-7-4-6(16(10,11)12)5-8(14-2)9(7)15-3;/h4-5H,1-3H3,(H,10,11,12);/q;+1/p-1. The molecule has 0 N–H and O–H groups in total. The zero-order valence-electron chi connectivity index (χ0n) is 9.31. The van der Waals surface area contributed by atoms with Crippen LogP contribution in [-0.2, 0) is 32.5 Å². The van der Waals surface area contributed by atoms with E-state index in [4.69, 9.17) is 14.2 Å². The first-order chi connectivity index (χ1) is 7.43. The van der Waals surface area contributed by atoms with Crippen LogP contribution in [0, 0.1) is 0 Å². The maximum atomic E-state index is 10.9. The van der Waals surface area contributed by atoms with Gasteiger partial charge >= 0.3 is 22.4 Å². The molecule has 0 atom stereocenters. The number of benzene rings is 1. The molecule has 8 heteroatoms. The van der Waals surface area contributed by atoms with Crippen LogP contribution in [0.25, 0.3) is 0 Å². The molecule has 0 fully saturated rings. The molecule has 0 aromatic heterocycles. The Kier molecular flexibility index (Phi) is 6.00. The molecule has 0 aliphatic heterocycles. The van der Waals surface area contributed by atoms with Crippen molar-refractivity contribution in [2.75, 3.05) is 21.3 Å². The summed E-state index contributed by atoms with van der Waals surface area (Å²) in [5, 5.41) is 0. The molecule has 0 radical (unpaired) electrons. The van der Waals surface area contributed by atoms with Crippen LogP contribution in [0.2, 0.25) is 0 Å². The Morgan fingerprint density at radius 1 is 1.00 bits per heavy atom. The molecule has 6 nitrogen and oxygen atoms in total. The van der Waals surface area contributed by atoms with Gasteiger partial charge in [0, 0.05) is 12.1 Å². The molecule has 17 heavy (non-hydrogen) atoms. The van der Waals surface area contributed by atoms with Crippen LogP contribution in [0.3, 0.4) is 0 Å². The number of ether oxygens (including phenoxy) is 3. The van der Waals surface area contributed by atoms with Crippen molar-refractivity contribution in [1.29, 1.82) is 0 Å². The Bertz CT molecular complexity index is 459. The summed E-state index contributed by atoms with van der Waals surface area (Å²) in [6.45, 7) is 0. The van der Waals surface area contributed by atoms with Gasteiger partial charge in [0.05, 0.1) is 26.2 Å². The minimum Gasteiger partial charge on any atom is -0.744 e. The first-order valence-corrected chi connectivity index (χ1v) is 5.60. The van der Waals surface area contributed by atoms with Crippen molar-refractivity contribution >= 4 is 10.1 Å². The van der Waals surface area contributed by atoms with Crippen molar-refractivity contribution in [3.63, 3.8) is 0 Å². The van der Waals surface area contributed by atoms with Gasteiger partial charge in [-0.25, -0.2) is 8.42 Å². The van der Waals surface area contributed by atoms with Crippen LogP contribution in [-0.4, -0.2) is 34.3 Å². The monoisotopic (exact) mass is 354 g/mol. The number of methoxy groups -OCH3 is 3. The van der Waals surface area contributed by atoms with Crippen LogP contribution in [0.4, 0.5) is 0 Å². The Labute approximate surface area is 115 Å². The third kappa shape index (κ3) is 3.62. The molecule has 0 saturated carbocycles. The first kappa shape index (κ1) is 16.3. The normalized spacial score (nSPS) is 10.4. The number of hydrogen-bond donors (Lipinski definition) is 0. The predicted molar refractivity (Wildman–Crippen MR) is 54.1 cm³/mol. The van der Waals surface area contributed by atoms with Gasteiger partial charge in [-0.2, -0.15) is 0 Å². The summed E-state index contributed by atoms with van der Waals surface area (Å²) in [6.07, 6.45) is 0. The molecule has 0 heterocycles. The second kappa shape index (κ2) is 6.27. The molecular formula is C9H11AgO6S. The van der Waals surface area contributed by atoms with Crippen LogP contribution in [0.1, 0.15) is 0 Å². The molecule has 1 aromatic carbocycles. The van der Waals surface area contributed by atoms with Gasteiger partial charge < -0.3 is 18.8 Å². The molecule has 0 saturated heterocycles. The Hall–Kier alpha value is -0.730. The SMILES string of the molecule is COc1cc(S(=O)(=O)[O-])cc(OC)c1OC.[Ag+]. The first-order valence-electron chi connectivity index (χ1n) is 4.20. The largest absolute Gasteiger partial charge is 1.00 e. The maximum absolute atomic E-state index is 10.9. The summed E-state index contributed by atoms with van der Waals surface area (Å²) in [5.74, 6) is 0.477. The van der Waals surface area contributed by atoms with Gasteiger partial charge in [-0.05, 0) is 0 Å². The van der Waals surface area contributed by atoms with Crippen LogP contribution >= 0.6 is 0 Å². The molecule has 0 amide bonds. The Morgan fingerprint density at radius 2 is 1.41 bits per heavy atom. The van der Waals surface area contributed by atoms with E-state index in [0.29, 0.717) is 0 Å². The van der Waals surface area contributed by atoms with E-state index in [1.807, 2.05) is 0 Å². The van der Waals surface area contributed by atoms with Gasteiger partial charge in [0.25, 0.3) is 0 Å². The average molecular weight is 355 g/mol. The minimum absolute atomic E-state index is 0. The fraction of sp³-hybridized carbons (Fsp3) is 0.333. The molecule has 0 unspecified atom stereocenters. The van der Waals surface area contributed by atoms with E-state index in [2.05, 4.69) is 0 Å².